The zero-order valence-electron chi connectivity index (χ0n) is 19.3. The average Bonchev–Trinajstić information content (AvgIpc) is 2.86. The van der Waals surface area contributed by atoms with Crippen molar-refractivity contribution >= 4 is 29.2 Å². The Labute approximate surface area is 197 Å². The van der Waals surface area contributed by atoms with Crippen LogP contribution in [0.15, 0.2) is 29.6 Å². The summed E-state index contributed by atoms with van der Waals surface area (Å²) in [6.45, 7) is 2.19. The molecule has 2 aliphatic heterocycles. The number of nitrogens with one attached hydrogen (secondary N) is 4. The summed E-state index contributed by atoms with van der Waals surface area (Å²) in [5.74, 6) is 0.265. The fourth-order valence-corrected chi connectivity index (χ4v) is 4.68. The molecule has 2 amide bonds. The predicted octanol–water partition coefficient (Wildman–Crippen LogP) is 3.89. The largest absolute Gasteiger partial charge is 0.497 e. The third-order valence-electron chi connectivity index (χ3n) is 6.29. The van der Waals surface area contributed by atoms with Crippen molar-refractivity contribution in [2.24, 2.45) is 5.22 Å². The second-order valence-electron chi connectivity index (χ2n) is 8.39. The highest BCUT2D eigenvalue weighted by Crippen LogP contribution is 2.31. The number of hydrogen-bond acceptors (Lipinski definition) is 9. The van der Waals surface area contributed by atoms with Crippen LogP contribution in [-0.4, -0.2) is 60.2 Å². The monoisotopic (exact) mass is 471 g/mol. The molecule has 4 N–H and O–H groups in total. The first-order valence-corrected chi connectivity index (χ1v) is 11.4. The number of urea groups is 1. The van der Waals surface area contributed by atoms with Gasteiger partial charge in [0.1, 0.15) is 5.75 Å². The molecule has 4 rings (SSSR count). The highest BCUT2D eigenvalue weighted by Gasteiger charge is 2.33. The fraction of sp³-hybridized carbons (Fsp3) is 0.500. The first kappa shape index (κ1) is 23.6. The van der Waals surface area contributed by atoms with Crippen LogP contribution in [0.2, 0.25) is 0 Å². The summed E-state index contributed by atoms with van der Waals surface area (Å²) in [4.78, 5) is 23.0. The fourth-order valence-electron chi connectivity index (χ4n) is 4.68. The number of rotatable bonds is 7. The number of fused-ring (bicyclic) bond motifs is 1. The molecule has 3 heterocycles. The normalized spacial score (nSPS) is 20.1. The molecule has 2 atom stereocenters. The minimum Gasteiger partial charge on any atom is -0.497 e. The molecule has 12 heteroatoms. The van der Waals surface area contributed by atoms with E-state index in [4.69, 9.17) is 10.3 Å². The van der Waals surface area contributed by atoms with Crippen molar-refractivity contribution in [1.29, 1.82) is 5.53 Å². The quantitative estimate of drug-likeness (QED) is 0.356. The first-order chi connectivity index (χ1) is 16.5. The Balaban J connectivity index is 1.55. The van der Waals surface area contributed by atoms with Crippen LogP contribution in [0.5, 0.6) is 5.75 Å². The minimum atomic E-state index is -0.581. The van der Waals surface area contributed by atoms with Gasteiger partial charge in [-0.1, -0.05) is 11.6 Å². The zero-order valence-corrected chi connectivity index (χ0v) is 19.3. The molecular weight excluding hydrogens is 441 g/mol. The van der Waals surface area contributed by atoms with E-state index in [1.165, 1.54) is 27.0 Å². The number of carbonyl (C=O) groups excluding carboxylic acids is 1. The van der Waals surface area contributed by atoms with E-state index in [-0.39, 0.29) is 17.8 Å². The Kier molecular flexibility index (Phi) is 7.36. The van der Waals surface area contributed by atoms with Crippen molar-refractivity contribution in [2.45, 2.75) is 44.2 Å². The topological polar surface area (TPSA) is 131 Å². The van der Waals surface area contributed by atoms with E-state index in [9.17, 15) is 9.18 Å². The van der Waals surface area contributed by atoms with Gasteiger partial charge in [-0.05, 0) is 44.8 Å². The molecule has 2 aromatic rings. The Morgan fingerprint density at radius 3 is 2.85 bits per heavy atom. The third kappa shape index (κ3) is 5.16. The van der Waals surface area contributed by atoms with Crippen molar-refractivity contribution in [2.75, 3.05) is 42.9 Å². The number of hydrogen-bond donors (Lipinski definition) is 4. The molecule has 0 saturated carbocycles. The molecule has 34 heavy (non-hydrogen) atoms. The first-order valence-electron chi connectivity index (χ1n) is 11.4. The molecule has 11 nitrogen and oxygen atoms in total. The number of aromatic nitrogens is 2. The van der Waals surface area contributed by atoms with E-state index < -0.39 is 11.8 Å². The number of piperidine rings is 2. The molecule has 182 valence electrons. The van der Waals surface area contributed by atoms with Crippen LogP contribution < -0.4 is 25.7 Å². The summed E-state index contributed by atoms with van der Waals surface area (Å²) >= 11 is 0. The minimum absolute atomic E-state index is 0.134. The van der Waals surface area contributed by atoms with Gasteiger partial charge >= 0.3 is 6.03 Å². The van der Waals surface area contributed by atoms with Gasteiger partial charge in [-0.25, -0.2) is 14.2 Å². The summed E-state index contributed by atoms with van der Waals surface area (Å²) in [7, 11) is 2.93. The van der Waals surface area contributed by atoms with E-state index in [0.717, 1.165) is 43.6 Å². The van der Waals surface area contributed by atoms with Crippen LogP contribution in [0.1, 0.15) is 32.1 Å². The van der Waals surface area contributed by atoms with Gasteiger partial charge in [0.05, 0.1) is 19.0 Å². The van der Waals surface area contributed by atoms with Crippen molar-refractivity contribution in [3.8, 4) is 5.75 Å². The van der Waals surface area contributed by atoms with Crippen LogP contribution in [0.4, 0.5) is 32.3 Å². The SMILES string of the molecule is CNC(=O)N(N=N)c1cc(Nc2ncc(F)c(N[C@@H]3CCCN4CCCCC34)n2)cc(OC)c1. The molecular formula is C22H30FN9O2. The molecule has 0 radical (unpaired) electrons. The van der Waals surface area contributed by atoms with E-state index >= 15 is 0 Å². The van der Waals surface area contributed by atoms with E-state index in [1.807, 2.05) is 0 Å². The van der Waals surface area contributed by atoms with Crippen molar-refractivity contribution in [3.63, 3.8) is 0 Å². The number of anilines is 4. The molecule has 1 aromatic carbocycles. The lowest BCUT2D eigenvalue weighted by Gasteiger charge is -2.44. The summed E-state index contributed by atoms with van der Waals surface area (Å²) in [5, 5.41) is 12.9. The molecule has 2 fully saturated rings. The maximum atomic E-state index is 14.6. The number of halogens is 1. The predicted molar refractivity (Wildman–Crippen MR) is 126 cm³/mol. The Bertz CT molecular complexity index is 1040. The Morgan fingerprint density at radius 1 is 1.26 bits per heavy atom. The molecule has 0 bridgehead atoms. The van der Waals surface area contributed by atoms with Crippen molar-refractivity contribution in [3.05, 3.63) is 30.2 Å². The molecule has 0 aliphatic carbocycles. The average molecular weight is 472 g/mol. The number of ether oxygens (including phenoxy) is 1. The lowest BCUT2D eigenvalue weighted by Crippen LogP contribution is -2.53. The molecule has 2 aliphatic rings. The van der Waals surface area contributed by atoms with E-state index in [1.54, 1.807) is 18.2 Å². The molecule has 1 unspecified atom stereocenters. The highest BCUT2D eigenvalue weighted by atomic mass is 19.1. The van der Waals surface area contributed by atoms with Gasteiger partial charge in [0, 0.05) is 37.0 Å². The lowest BCUT2D eigenvalue weighted by molar-refractivity contribution is 0.0975. The standard InChI is InChI=1S/C22H30FN9O2/c1-25-22(33)32(30-24)15-10-14(11-16(12-15)34-2)27-21-26-13-17(23)20(29-21)28-18-6-5-9-31-8-4-3-7-19(18)31/h10-13,18-19,24H,3-9H2,1-2H3,(H,25,33)(H2,26,27,28,29)/t18-,19?/m1/s1. The summed E-state index contributed by atoms with van der Waals surface area (Å²) in [5.41, 5.74) is 8.13. The number of amides is 2. The molecule has 1 aromatic heterocycles. The maximum absolute atomic E-state index is 14.6. The summed E-state index contributed by atoms with van der Waals surface area (Å²) in [6.07, 6.45) is 6.68. The van der Waals surface area contributed by atoms with Gasteiger partial charge < -0.3 is 20.7 Å². The van der Waals surface area contributed by atoms with Gasteiger partial charge in [-0.3, -0.25) is 4.90 Å². The van der Waals surface area contributed by atoms with Gasteiger partial charge in [0.2, 0.25) is 5.95 Å². The van der Waals surface area contributed by atoms with Gasteiger partial charge in [-0.15, -0.1) is 0 Å². The van der Waals surface area contributed by atoms with E-state index in [0.29, 0.717) is 23.2 Å². The Hall–Kier alpha value is -3.54. The number of carbonyl (C=O) groups is 1. The van der Waals surface area contributed by atoms with Gasteiger partial charge in [0.25, 0.3) is 0 Å². The summed E-state index contributed by atoms with van der Waals surface area (Å²) in [6, 6.07) is 4.78. The van der Waals surface area contributed by atoms with Crippen LogP contribution in [0.25, 0.3) is 0 Å². The van der Waals surface area contributed by atoms with Crippen LogP contribution in [0, 0.1) is 11.3 Å². The molecule has 2 saturated heterocycles. The second-order valence-corrected chi connectivity index (χ2v) is 8.39. The molecule has 0 spiro atoms. The third-order valence-corrected chi connectivity index (χ3v) is 6.29. The van der Waals surface area contributed by atoms with E-state index in [2.05, 4.69) is 36.0 Å². The van der Waals surface area contributed by atoms with Gasteiger partial charge in [0.15, 0.2) is 11.6 Å². The van der Waals surface area contributed by atoms with Gasteiger partial charge in [-0.2, -0.15) is 15.5 Å². The van der Waals surface area contributed by atoms with Crippen molar-refractivity contribution < 1.29 is 13.9 Å². The van der Waals surface area contributed by atoms with Crippen molar-refractivity contribution in [1.82, 2.24) is 20.2 Å². The maximum Gasteiger partial charge on any atom is 0.343 e. The number of nitrogens with zero attached hydrogens (tertiary/aromatic N) is 5. The summed E-state index contributed by atoms with van der Waals surface area (Å²) < 4.78 is 19.9. The Morgan fingerprint density at radius 2 is 2.09 bits per heavy atom. The van der Waals surface area contributed by atoms with Crippen LogP contribution in [-0.2, 0) is 0 Å². The van der Waals surface area contributed by atoms with Crippen LogP contribution in [0.3, 0.4) is 0 Å². The highest BCUT2D eigenvalue weighted by molar-refractivity contribution is 5.91. The zero-order chi connectivity index (χ0) is 24.1. The van der Waals surface area contributed by atoms with Crippen LogP contribution >= 0.6 is 0 Å². The lowest BCUT2D eigenvalue weighted by atomic mass is 9.89. The number of benzene rings is 1. The smallest absolute Gasteiger partial charge is 0.343 e. The second kappa shape index (κ2) is 10.6. The number of methoxy groups -OCH3 is 1.